The van der Waals surface area contributed by atoms with Crippen LogP contribution in [0.4, 0.5) is 0 Å². The Hall–Kier alpha value is -1.00. The fourth-order valence-electron chi connectivity index (χ4n) is 2.45. The number of benzene rings is 1. The van der Waals surface area contributed by atoms with Crippen molar-refractivity contribution in [3.63, 3.8) is 0 Å². The number of rotatable bonds is 2. The molecular formula is C14H14O2S2. The molecule has 0 spiro atoms. The lowest BCUT2D eigenvalue weighted by Gasteiger charge is -1.98. The van der Waals surface area contributed by atoms with E-state index in [1.165, 1.54) is 20.6 Å². The Morgan fingerprint density at radius 2 is 1.17 bits per heavy atom. The van der Waals surface area contributed by atoms with Gasteiger partial charge in [-0.3, -0.25) is 0 Å². The van der Waals surface area contributed by atoms with Crippen LogP contribution in [0.1, 0.15) is 11.5 Å². The summed E-state index contributed by atoms with van der Waals surface area (Å²) in [5, 5.41) is 2.39. The van der Waals surface area contributed by atoms with Crippen molar-refractivity contribution in [3.05, 3.63) is 23.7 Å². The summed E-state index contributed by atoms with van der Waals surface area (Å²) in [7, 11) is 0. The molecular weight excluding hydrogens is 264 g/mol. The number of hydrogen-bond acceptors (Lipinski definition) is 4. The van der Waals surface area contributed by atoms with E-state index in [4.69, 9.17) is 8.83 Å². The highest BCUT2D eigenvalue weighted by molar-refractivity contribution is 7.99. The molecule has 3 rings (SSSR count). The first-order valence-electron chi connectivity index (χ1n) is 5.70. The first kappa shape index (κ1) is 12.1. The smallest absolute Gasteiger partial charge is 0.136 e. The fourth-order valence-corrected chi connectivity index (χ4v) is 3.92. The van der Waals surface area contributed by atoms with E-state index in [-0.39, 0.29) is 0 Å². The van der Waals surface area contributed by atoms with Crippen LogP contribution in [-0.4, -0.2) is 12.5 Å². The molecule has 0 N–H and O–H groups in total. The molecule has 0 saturated heterocycles. The van der Waals surface area contributed by atoms with Crippen LogP contribution < -0.4 is 0 Å². The SMILES string of the molecule is CSc1c(C)oc2ccc3oc(C)c(SC)c3c12. The van der Waals surface area contributed by atoms with Gasteiger partial charge in [-0.1, -0.05) is 0 Å². The molecule has 0 fully saturated rings. The molecule has 0 aliphatic carbocycles. The van der Waals surface area contributed by atoms with Crippen LogP contribution in [-0.2, 0) is 0 Å². The maximum atomic E-state index is 5.84. The lowest BCUT2D eigenvalue weighted by molar-refractivity contribution is 0.564. The summed E-state index contributed by atoms with van der Waals surface area (Å²) in [4.78, 5) is 2.43. The molecule has 18 heavy (non-hydrogen) atoms. The Labute approximate surface area is 114 Å². The number of aryl methyl sites for hydroxylation is 2. The molecule has 3 aromatic rings. The Morgan fingerprint density at radius 1 is 0.778 bits per heavy atom. The third-order valence-electron chi connectivity index (χ3n) is 3.16. The number of thioether (sulfide) groups is 2. The maximum Gasteiger partial charge on any atom is 0.136 e. The predicted octanol–water partition coefficient (Wildman–Crippen LogP) is 5.24. The van der Waals surface area contributed by atoms with Crippen LogP contribution in [0, 0.1) is 13.8 Å². The second-order valence-corrected chi connectivity index (χ2v) is 5.83. The van der Waals surface area contributed by atoms with Crippen molar-refractivity contribution < 1.29 is 8.83 Å². The number of hydrogen-bond donors (Lipinski definition) is 0. The van der Waals surface area contributed by atoms with Crippen LogP contribution >= 0.6 is 23.5 Å². The van der Waals surface area contributed by atoms with Crippen LogP contribution in [0.25, 0.3) is 21.9 Å². The van der Waals surface area contributed by atoms with Gasteiger partial charge in [-0.05, 0) is 38.5 Å². The first-order chi connectivity index (χ1) is 8.67. The van der Waals surface area contributed by atoms with Crippen molar-refractivity contribution in [2.75, 3.05) is 12.5 Å². The Bertz CT molecular complexity index is 674. The zero-order valence-corrected chi connectivity index (χ0v) is 12.4. The van der Waals surface area contributed by atoms with Gasteiger partial charge in [0.05, 0.1) is 9.79 Å². The minimum atomic E-state index is 0.945. The zero-order valence-electron chi connectivity index (χ0n) is 10.8. The summed E-state index contributed by atoms with van der Waals surface area (Å²) in [5.74, 6) is 1.96. The normalized spacial score (nSPS) is 11.8. The van der Waals surface area contributed by atoms with E-state index in [0.29, 0.717) is 0 Å². The van der Waals surface area contributed by atoms with Gasteiger partial charge in [-0.2, -0.15) is 0 Å². The van der Waals surface area contributed by atoms with E-state index >= 15 is 0 Å². The van der Waals surface area contributed by atoms with E-state index in [1.54, 1.807) is 23.5 Å². The van der Waals surface area contributed by atoms with E-state index in [1.807, 2.05) is 26.0 Å². The van der Waals surface area contributed by atoms with Crippen molar-refractivity contribution in [1.82, 2.24) is 0 Å². The second-order valence-electron chi connectivity index (χ2n) is 4.19. The van der Waals surface area contributed by atoms with Gasteiger partial charge in [0.15, 0.2) is 0 Å². The highest BCUT2D eigenvalue weighted by Gasteiger charge is 2.19. The highest BCUT2D eigenvalue weighted by Crippen LogP contribution is 2.43. The molecule has 0 atom stereocenters. The van der Waals surface area contributed by atoms with Crippen LogP contribution in [0.5, 0.6) is 0 Å². The van der Waals surface area contributed by atoms with E-state index in [9.17, 15) is 0 Å². The Morgan fingerprint density at radius 3 is 1.50 bits per heavy atom. The lowest BCUT2D eigenvalue weighted by atomic mass is 10.1. The van der Waals surface area contributed by atoms with Gasteiger partial charge in [0.1, 0.15) is 22.7 Å². The topological polar surface area (TPSA) is 26.3 Å². The highest BCUT2D eigenvalue weighted by atomic mass is 32.2. The average Bonchev–Trinajstić information content (AvgIpc) is 2.83. The Balaban J connectivity index is 2.57. The van der Waals surface area contributed by atoms with Crippen molar-refractivity contribution in [1.29, 1.82) is 0 Å². The standard InChI is InChI=1S/C14H14O2S2/c1-7-13(17-3)11-9(15-7)5-6-10-12(11)14(18-4)8(2)16-10/h5-6H,1-4H3. The maximum absolute atomic E-state index is 5.84. The lowest BCUT2D eigenvalue weighted by Crippen LogP contribution is -1.75. The van der Waals surface area contributed by atoms with Gasteiger partial charge in [0, 0.05) is 10.8 Å². The van der Waals surface area contributed by atoms with Crippen molar-refractivity contribution in [2.24, 2.45) is 0 Å². The molecule has 0 unspecified atom stereocenters. The van der Waals surface area contributed by atoms with E-state index in [2.05, 4.69) is 12.5 Å². The molecule has 0 aliphatic heterocycles. The average molecular weight is 278 g/mol. The first-order valence-corrected chi connectivity index (χ1v) is 8.15. The third kappa shape index (κ3) is 1.52. The zero-order chi connectivity index (χ0) is 12.9. The molecule has 0 bridgehead atoms. The minimum Gasteiger partial charge on any atom is -0.460 e. The minimum absolute atomic E-state index is 0.945. The van der Waals surface area contributed by atoms with Crippen molar-refractivity contribution in [3.8, 4) is 0 Å². The van der Waals surface area contributed by atoms with E-state index in [0.717, 1.165) is 22.7 Å². The van der Waals surface area contributed by atoms with Crippen LogP contribution in [0.15, 0.2) is 30.8 Å². The summed E-state index contributed by atoms with van der Waals surface area (Å²) >= 11 is 3.46. The summed E-state index contributed by atoms with van der Waals surface area (Å²) < 4.78 is 11.7. The molecule has 94 valence electrons. The fraction of sp³-hybridized carbons (Fsp3) is 0.286. The van der Waals surface area contributed by atoms with Gasteiger partial charge in [0.25, 0.3) is 0 Å². The number of fused-ring (bicyclic) bond motifs is 3. The molecule has 0 aliphatic rings. The summed E-state index contributed by atoms with van der Waals surface area (Å²) in [6.07, 6.45) is 4.17. The Kier molecular flexibility index (Phi) is 2.87. The van der Waals surface area contributed by atoms with Gasteiger partial charge in [0.2, 0.25) is 0 Å². The third-order valence-corrected chi connectivity index (χ3v) is 4.96. The summed E-state index contributed by atoms with van der Waals surface area (Å²) in [6, 6.07) is 3.99. The van der Waals surface area contributed by atoms with Gasteiger partial charge < -0.3 is 8.83 Å². The predicted molar refractivity (Wildman–Crippen MR) is 79.0 cm³/mol. The van der Waals surface area contributed by atoms with Crippen molar-refractivity contribution in [2.45, 2.75) is 23.6 Å². The van der Waals surface area contributed by atoms with Crippen LogP contribution in [0.3, 0.4) is 0 Å². The molecule has 2 heterocycles. The van der Waals surface area contributed by atoms with Gasteiger partial charge in [-0.25, -0.2) is 0 Å². The van der Waals surface area contributed by atoms with Crippen molar-refractivity contribution >= 4 is 45.5 Å². The molecule has 2 nitrogen and oxygen atoms in total. The largest absolute Gasteiger partial charge is 0.460 e. The quantitative estimate of drug-likeness (QED) is 0.599. The second kappa shape index (κ2) is 4.28. The van der Waals surface area contributed by atoms with Gasteiger partial charge in [-0.15, -0.1) is 23.5 Å². The molecule has 0 radical (unpaired) electrons. The molecule has 4 heteroatoms. The monoisotopic (exact) mass is 278 g/mol. The molecule has 1 aromatic carbocycles. The summed E-state index contributed by atoms with van der Waals surface area (Å²) in [5.41, 5.74) is 1.89. The van der Waals surface area contributed by atoms with Crippen LogP contribution in [0.2, 0.25) is 0 Å². The van der Waals surface area contributed by atoms with Gasteiger partial charge >= 0.3 is 0 Å². The van der Waals surface area contributed by atoms with E-state index < -0.39 is 0 Å². The molecule has 2 aromatic heterocycles. The summed E-state index contributed by atoms with van der Waals surface area (Å²) in [6.45, 7) is 4.03. The number of furan rings is 2. The molecule has 0 amide bonds. The molecule has 0 saturated carbocycles.